The minimum absolute atomic E-state index is 0.727. The zero-order valence-electron chi connectivity index (χ0n) is 9.56. The molecule has 2 aromatic rings. The molecule has 0 aliphatic heterocycles. The molecule has 1 heterocycles. The lowest BCUT2D eigenvalue weighted by Gasteiger charge is -2.03. The first-order chi connectivity index (χ1) is 8.34. The molecule has 3 heteroatoms. The summed E-state index contributed by atoms with van der Waals surface area (Å²) in [5, 5.41) is 2.09. The van der Waals surface area contributed by atoms with Gasteiger partial charge in [0.15, 0.2) is 0 Å². The van der Waals surface area contributed by atoms with E-state index in [2.05, 4.69) is 57.7 Å². The minimum Gasteiger partial charge on any atom is -0.376 e. The molecule has 2 rings (SSSR count). The number of aryl methyl sites for hydroxylation is 1. The van der Waals surface area contributed by atoms with E-state index in [1.807, 2.05) is 0 Å². The Morgan fingerprint density at radius 1 is 1.18 bits per heavy atom. The number of thiophene rings is 1. The summed E-state index contributed by atoms with van der Waals surface area (Å²) < 4.78 is 6.79. The van der Waals surface area contributed by atoms with E-state index in [4.69, 9.17) is 4.74 Å². The van der Waals surface area contributed by atoms with Gasteiger partial charge in [0.2, 0.25) is 0 Å². The van der Waals surface area contributed by atoms with E-state index in [9.17, 15) is 0 Å². The van der Waals surface area contributed by atoms with Crippen LogP contribution < -0.4 is 0 Å². The highest BCUT2D eigenvalue weighted by atomic mass is 79.9. The van der Waals surface area contributed by atoms with E-state index >= 15 is 0 Å². The van der Waals surface area contributed by atoms with Crippen molar-refractivity contribution in [2.75, 3.05) is 6.61 Å². The Balaban J connectivity index is 1.61. The molecule has 0 unspecified atom stereocenters. The normalized spacial score (nSPS) is 10.6. The summed E-state index contributed by atoms with van der Waals surface area (Å²) in [6, 6.07) is 12.7. The van der Waals surface area contributed by atoms with Crippen molar-refractivity contribution in [3.8, 4) is 0 Å². The van der Waals surface area contributed by atoms with Gasteiger partial charge in [0, 0.05) is 21.3 Å². The Hall–Kier alpha value is -0.640. The van der Waals surface area contributed by atoms with Gasteiger partial charge in [0.1, 0.15) is 0 Å². The van der Waals surface area contributed by atoms with Crippen molar-refractivity contribution in [3.63, 3.8) is 0 Å². The zero-order chi connectivity index (χ0) is 11.9. The first-order valence-corrected chi connectivity index (χ1v) is 7.36. The Morgan fingerprint density at radius 2 is 2.00 bits per heavy atom. The number of halogens is 1. The monoisotopic (exact) mass is 310 g/mol. The summed E-state index contributed by atoms with van der Waals surface area (Å²) in [5.41, 5.74) is 1.38. The lowest BCUT2D eigenvalue weighted by atomic mass is 10.1. The van der Waals surface area contributed by atoms with Crippen molar-refractivity contribution in [3.05, 3.63) is 56.7 Å². The van der Waals surface area contributed by atoms with E-state index < -0.39 is 0 Å². The largest absolute Gasteiger partial charge is 0.376 e. The van der Waals surface area contributed by atoms with Crippen molar-refractivity contribution in [2.45, 2.75) is 19.4 Å². The van der Waals surface area contributed by atoms with Crippen LogP contribution in [0.2, 0.25) is 0 Å². The molecule has 0 atom stereocenters. The second-order valence-corrected chi connectivity index (χ2v) is 5.78. The summed E-state index contributed by atoms with van der Waals surface area (Å²) in [7, 11) is 0. The van der Waals surface area contributed by atoms with Crippen LogP contribution >= 0.6 is 27.3 Å². The number of benzene rings is 1. The predicted molar refractivity (Wildman–Crippen MR) is 76.4 cm³/mol. The van der Waals surface area contributed by atoms with Crippen molar-refractivity contribution < 1.29 is 4.74 Å². The molecule has 0 amide bonds. The number of ether oxygens (including phenoxy) is 1. The molecule has 0 fully saturated rings. The molecular formula is C14H15BrOS. The minimum atomic E-state index is 0.727. The third-order valence-corrected chi connectivity index (χ3v) is 4.13. The Morgan fingerprint density at radius 3 is 2.71 bits per heavy atom. The molecule has 0 aliphatic carbocycles. The summed E-state index contributed by atoms with van der Waals surface area (Å²) in [6.07, 6.45) is 2.17. The second kappa shape index (κ2) is 6.94. The van der Waals surface area contributed by atoms with Gasteiger partial charge < -0.3 is 4.74 Å². The average Bonchev–Trinajstić information content (AvgIpc) is 2.76. The van der Waals surface area contributed by atoms with Gasteiger partial charge in [0.25, 0.3) is 0 Å². The van der Waals surface area contributed by atoms with Crippen LogP contribution in [0, 0.1) is 0 Å². The number of rotatable bonds is 6. The maximum Gasteiger partial charge on any atom is 0.0809 e. The van der Waals surface area contributed by atoms with E-state index in [0.29, 0.717) is 0 Å². The van der Waals surface area contributed by atoms with Crippen molar-refractivity contribution in [1.82, 2.24) is 0 Å². The molecule has 0 N–H and O–H groups in total. The van der Waals surface area contributed by atoms with E-state index in [0.717, 1.165) is 30.5 Å². The number of hydrogen-bond acceptors (Lipinski definition) is 2. The van der Waals surface area contributed by atoms with Crippen molar-refractivity contribution in [1.29, 1.82) is 0 Å². The van der Waals surface area contributed by atoms with Crippen molar-refractivity contribution in [2.24, 2.45) is 0 Å². The molecule has 0 saturated heterocycles. The van der Waals surface area contributed by atoms with Crippen LogP contribution in [-0.4, -0.2) is 6.61 Å². The van der Waals surface area contributed by atoms with Gasteiger partial charge in [-0.3, -0.25) is 0 Å². The lowest BCUT2D eigenvalue weighted by molar-refractivity contribution is 0.121. The van der Waals surface area contributed by atoms with Crippen LogP contribution in [0.25, 0.3) is 0 Å². The van der Waals surface area contributed by atoms with Crippen LogP contribution in [0.4, 0.5) is 0 Å². The summed E-state index contributed by atoms with van der Waals surface area (Å²) in [6.45, 7) is 1.55. The summed E-state index contributed by atoms with van der Waals surface area (Å²) in [5.74, 6) is 0. The fourth-order valence-electron chi connectivity index (χ4n) is 1.63. The average molecular weight is 311 g/mol. The Bertz CT molecular complexity index is 438. The van der Waals surface area contributed by atoms with Gasteiger partial charge in [0.05, 0.1) is 6.61 Å². The molecule has 1 aromatic carbocycles. The van der Waals surface area contributed by atoms with E-state index in [1.54, 1.807) is 11.3 Å². The summed E-state index contributed by atoms with van der Waals surface area (Å²) >= 11 is 5.17. The SMILES string of the molecule is Brc1csc(COCCCc2ccccc2)c1. The highest BCUT2D eigenvalue weighted by molar-refractivity contribution is 9.10. The molecule has 17 heavy (non-hydrogen) atoms. The maximum absolute atomic E-state index is 5.64. The van der Waals surface area contributed by atoms with E-state index in [1.165, 1.54) is 10.4 Å². The van der Waals surface area contributed by atoms with Crippen LogP contribution in [0.3, 0.4) is 0 Å². The molecule has 0 aliphatic rings. The molecule has 0 spiro atoms. The lowest BCUT2D eigenvalue weighted by Crippen LogP contribution is -1.96. The Kier molecular flexibility index (Phi) is 5.23. The van der Waals surface area contributed by atoms with Gasteiger partial charge in [-0.15, -0.1) is 11.3 Å². The third-order valence-electron chi connectivity index (χ3n) is 2.46. The fraction of sp³-hybridized carbons (Fsp3) is 0.286. The first kappa shape index (κ1) is 12.8. The molecule has 0 saturated carbocycles. The van der Waals surface area contributed by atoms with Gasteiger partial charge in [-0.2, -0.15) is 0 Å². The highest BCUT2D eigenvalue weighted by Crippen LogP contribution is 2.20. The molecular weight excluding hydrogens is 296 g/mol. The van der Waals surface area contributed by atoms with Crippen LogP contribution in [0.5, 0.6) is 0 Å². The fourth-order valence-corrected chi connectivity index (χ4v) is 3.01. The third kappa shape index (κ3) is 4.62. The second-order valence-electron chi connectivity index (χ2n) is 3.87. The molecule has 0 bridgehead atoms. The van der Waals surface area contributed by atoms with Gasteiger partial charge in [-0.25, -0.2) is 0 Å². The first-order valence-electron chi connectivity index (χ1n) is 5.69. The topological polar surface area (TPSA) is 9.23 Å². The van der Waals surface area contributed by atoms with Crippen LogP contribution in [0.15, 0.2) is 46.3 Å². The molecule has 1 nitrogen and oxygen atoms in total. The summed E-state index contributed by atoms with van der Waals surface area (Å²) in [4.78, 5) is 1.27. The quantitative estimate of drug-likeness (QED) is 0.705. The zero-order valence-corrected chi connectivity index (χ0v) is 12.0. The Labute approximate surface area is 115 Å². The number of hydrogen-bond donors (Lipinski definition) is 0. The van der Waals surface area contributed by atoms with Gasteiger partial charge in [-0.1, -0.05) is 30.3 Å². The molecule has 90 valence electrons. The van der Waals surface area contributed by atoms with Gasteiger partial charge >= 0.3 is 0 Å². The highest BCUT2D eigenvalue weighted by Gasteiger charge is 1.98. The maximum atomic E-state index is 5.64. The molecule has 1 aromatic heterocycles. The van der Waals surface area contributed by atoms with Crippen LogP contribution in [0.1, 0.15) is 16.9 Å². The van der Waals surface area contributed by atoms with E-state index in [-0.39, 0.29) is 0 Å². The van der Waals surface area contributed by atoms with Crippen LogP contribution in [-0.2, 0) is 17.8 Å². The molecule has 0 radical (unpaired) electrons. The van der Waals surface area contributed by atoms with Gasteiger partial charge in [-0.05, 0) is 40.4 Å². The smallest absolute Gasteiger partial charge is 0.0809 e. The van der Waals surface area contributed by atoms with Crippen molar-refractivity contribution >= 4 is 27.3 Å². The standard InChI is InChI=1S/C14H15BrOS/c15-13-9-14(17-11-13)10-16-8-4-7-12-5-2-1-3-6-12/h1-3,5-6,9,11H,4,7-8,10H2. The predicted octanol–water partition coefficient (Wildman–Crippen LogP) is 4.66.